The van der Waals surface area contributed by atoms with Crippen molar-refractivity contribution in [3.8, 4) is 28.0 Å². The van der Waals surface area contributed by atoms with Crippen molar-refractivity contribution < 1.29 is 4.74 Å². The molecule has 0 saturated carbocycles. The number of hydrogen-bond donors (Lipinski definition) is 1. The Hall–Kier alpha value is -6.84. The minimum absolute atomic E-state index is 0.351. The topological polar surface area (TPSA) is 28.3 Å². The quantitative estimate of drug-likeness (QED) is 0.162. The Labute approximate surface area is 322 Å². The molecule has 0 fully saturated rings. The first-order valence-corrected chi connectivity index (χ1v) is 19.0. The summed E-state index contributed by atoms with van der Waals surface area (Å²) in [6, 6.07) is 70.8. The van der Waals surface area contributed by atoms with Gasteiger partial charge in [-0.05, 0) is 112 Å². The molecule has 1 N–H and O–H groups in total. The van der Waals surface area contributed by atoms with Crippen molar-refractivity contribution in [1.29, 1.82) is 0 Å². The van der Waals surface area contributed by atoms with E-state index in [1.165, 1.54) is 60.8 Å². The fourth-order valence-electron chi connectivity index (χ4n) is 8.99. The van der Waals surface area contributed by atoms with Crippen LogP contribution in [0.15, 0.2) is 194 Å². The van der Waals surface area contributed by atoms with E-state index >= 15 is 0 Å². The maximum absolute atomic E-state index is 5.56. The van der Waals surface area contributed by atoms with Crippen LogP contribution in [0.1, 0.15) is 22.3 Å². The summed E-state index contributed by atoms with van der Waals surface area (Å²) in [6.07, 6.45) is 1.72. The van der Waals surface area contributed by atoms with Crippen LogP contribution in [0.4, 0.5) is 17.1 Å². The molecule has 0 spiro atoms. The Balaban J connectivity index is 1.21. The lowest BCUT2D eigenvalue weighted by atomic mass is 9.69. The van der Waals surface area contributed by atoms with Crippen LogP contribution in [0.3, 0.4) is 0 Å². The highest BCUT2D eigenvalue weighted by Crippen LogP contribution is 2.55. The van der Waals surface area contributed by atoms with Gasteiger partial charge in [-0.15, -0.1) is 0 Å². The number of benzene rings is 8. The molecule has 0 saturated heterocycles. The SMILES string of the molecule is COc1ccc(N(c2ccccc2)c2ccc3c(c2)C(Cc2ccccc2)(Cc2ccccc2)c2cc(-c4cccc5c4[nH]c4ccccc45)ccc2-3)cc1. The molecule has 1 aliphatic carbocycles. The van der Waals surface area contributed by atoms with Gasteiger partial charge in [0, 0.05) is 44.3 Å². The van der Waals surface area contributed by atoms with Crippen molar-refractivity contribution >= 4 is 38.9 Å². The lowest BCUT2D eigenvalue weighted by molar-refractivity contribution is 0.415. The first kappa shape index (κ1) is 32.8. The van der Waals surface area contributed by atoms with Crippen LogP contribution >= 0.6 is 0 Å². The highest BCUT2D eigenvalue weighted by molar-refractivity contribution is 6.12. The van der Waals surface area contributed by atoms with Crippen molar-refractivity contribution in [2.24, 2.45) is 0 Å². The Morgan fingerprint density at radius 1 is 0.473 bits per heavy atom. The molecule has 9 aromatic rings. The van der Waals surface area contributed by atoms with Crippen LogP contribution in [0, 0.1) is 0 Å². The van der Waals surface area contributed by atoms with Crippen LogP contribution in [-0.2, 0) is 18.3 Å². The predicted molar refractivity (Wildman–Crippen MR) is 229 cm³/mol. The number of nitrogens with one attached hydrogen (secondary N) is 1. The summed E-state index contributed by atoms with van der Waals surface area (Å²) in [6.45, 7) is 0. The van der Waals surface area contributed by atoms with E-state index in [4.69, 9.17) is 4.74 Å². The third-order valence-corrected chi connectivity index (χ3v) is 11.5. The summed E-state index contributed by atoms with van der Waals surface area (Å²) in [7, 11) is 1.72. The van der Waals surface area contributed by atoms with Crippen LogP contribution in [-0.4, -0.2) is 12.1 Å². The first-order valence-electron chi connectivity index (χ1n) is 19.0. The Bertz CT molecular complexity index is 2750. The van der Waals surface area contributed by atoms with Gasteiger partial charge in [0.1, 0.15) is 5.75 Å². The van der Waals surface area contributed by atoms with E-state index < -0.39 is 0 Å². The smallest absolute Gasteiger partial charge is 0.119 e. The molecular formula is C52H40N2O. The molecule has 8 aromatic carbocycles. The van der Waals surface area contributed by atoms with E-state index in [0.717, 1.165) is 41.2 Å². The van der Waals surface area contributed by atoms with Gasteiger partial charge in [-0.2, -0.15) is 0 Å². The zero-order chi connectivity index (χ0) is 36.8. The number of nitrogens with zero attached hydrogens (tertiary/aromatic N) is 1. The number of hydrogen-bond acceptors (Lipinski definition) is 2. The third kappa shape index (κ3) is 5.68. The summed E-state index contributed by atoms with van der Waals surface area (Å²) in [5.41, 5.74) is 15.7. The maximum atomic E-state index is 5.56. The molecule has 0 amide bonds. The first-order chi connectivity index (χ1) is 27.2. The van der Waals surface area contributed by atoms with Gasteiger partial charge in [0.15, 0.2) is 0 Å². The number of methoxy groups -OCH3 is 1. The summed E-state index contributed by atoms with van der Waals surface area (Å²) in [5, 5.41) is 2.50. The molecule has 0 atom stereocenters. The molecular weight excluding hydrogens is 669 g/mol. The van der Waals surface area contributed by atoms with Gasteiger partial charge in [0.05, 0.1) is 12.6 Å². The minimum atomic E-state index is -0.351. The van der Waals surface area contributed by atoms with Crippen LogP contribution in [0.2, 0.25) is 0 Å². The molecule has 1 heterocycles. The number of aromatic amines is 1. The number of ether oxygens (including phenoxy) is 1. The zero-order valence-corrected chi connectivity index (χ0v) is 30.7. The second-order valence-electron chi connectivity index (χ2n) is 14.7. The van der Waals surface area contributed by atoms with Gasteiger partial charge in [0.25, 0.3) is 0 Å². The largest absolute Gasteiger partial charge is 0.497 e. The zero-order valence-electron chi connectivity index (χ0n) is 30.7. The van der Waals surface area contributed by atoms with E-state index in [2.05, 4.69) is 192 Å². The van der Waals surface area contributed by atoms with Crippen molar-refractivity contribution in [3.05, 3.63) is 216 Å². The molecule has 0 aliphatic heterocycles. The fraction of sp³-hybridized carbons (Fsp3) is 0.0769. The molecule has 0 bridgehead atoms. The predicted octanol–water partition coefficient (Wildman–Crippen LogP) is 13.2. The second kappa shape index (κ2) is 13.5. The molecule has 10 rings (SSSR count). The van der Waals surface area contributed by atoms with Gasteiger partial charge in [0.2, 0.25) is 0 Å². The van der Waals surface area contributed by atoms with Gasteiger partial charge in [-0.3, -0.25) is 0 Å². The Kier molecular flexibility index (Phi) is 8.07. The molecule has 1 aliphatic rings. The third-order valence-electron chi connectivity index (χ3n) is 11.5. The molecule has 1 aromatic heterocycles. The van der Waals surface area contributed by atoms with E-state index in [1.807, 2.05) is 12.1 Å². The lowest BCUT2D eigenvalue weighted by Gasteiger charge is -2.34. The van der Waals surface area contributed by atoms with Gasteiger partial charge >= 0.3 is 0 Å². The highest BCUT2D eigenvalue weighted by Gasteiger charge is 2.44. The van der Waals surface area contributed by atoms with E-state index in [9.17, 15) is 0 Å². The Morgan fingerprint density at radius 3 is 1.73 bits per heavy atom. The van der Waals surface area contributed by atoms with Crippen LogP contribution in [0.5, 0.6) is 5.75 Å². The van der Waals surface area contributed by atoms with Crippen molar-refractivity contribution in [1.82, 2.24) is 4.98 Å². The molecule has 264 valence electrons. The van der Waals surface area contributed by atoms with E-state index in [-0.39, 0.29) is 5.41 Å². The standard InChI is InChI=1S/C52H40N2O/c1-55-42-28-25-40(26-29-42)54(39-18-9-4-10-19-39)41-27-31-45-44-30-24-38(43-21-13-22-47-46-20-11-12-23-50(46)53-51(43)47)32-48(44)52(49(45)33-41,34-36-14-5-2-6-15-36)35-37-16-7-3-8-17-37/h2-33,53H,34-35H2,1H3. The molecule has 3 heteroatoms. The lowest BCUT2D eigenvalue weighted by Crippen LogP contribution is -2.31. The average Bonchev–Trinajstić information content (AvgIpc) is 3.75. The van der Waals surface area contributed by atoms with Gasteiger partial charge < -0.3 is 14.6 Å². The highest BCUT2D eigenvalue weighted by atomic mass is 16.5. The van der Waals surface area contributed by atoms with Crippen LogP contribution in [0.25, 0.3) is 44.1 Å². The molecule has 3 nitrogen and oxygen atoms in total. The van der Waals surface area contributed by atoms with Crippen molar-refractivity contribution in [2.75, 3.05) is 12.0 Å². The van der Waals surface area contributed by atoms with E-state index in [0.29, 0.717) is 0 Å². The number of anilines is 3. The number of rotatable bonds is 9. The number of para-hydroxylation sites is 3. The monoisotopic (exact) mass is 708 g/mol. The summed E-state index contributed by atoms with van der Waals surface area (Å²) in [4.78, 5) is 6.14. The summed E-state index contributed by atoms with van der Waals surface area (Å²) in [5.74, 6) is 0.838. The Morgan fingerprint density at radius 2 is 1.04 bits per heavy atom. The number of H-pyrrole nitrogens is 1. The van der Waals surface area contributed by atoms with Crippen molar-refractivity contribution in [3.63, 3.8) is 0 Å². The fourth-order valence-corrected chi connectivity index (χ4v) is 8.99. The van der Waals surface area contributed by atoms with Crippen molar-refractivity contribution in [2.45, 2.75) is 18.3 Å². The summed E-state index contributed by atoms with van der Waals surface area (Å²) < 4.78 is 5.56. The molecule has 0 radical (unpaired) electrons. The number of fused-ring (bicyclic) bond motifs is 6. The van der Waals surface area contributed by atoms with Gasteiger partial charge in [-0.25, -0.2) is 0 Å². The minimum Gasteiger partial charge on any atom is -0.497 e. The summed E-state index contributed by atoms with van der Waals surface area (Å²) >= 11 is 0. The van der Waals surface area contributed by atoms with E-state index in [1.54, 1.807) is 7.11 Å². The van der Waals surface area contributed by atoms with Crippen LogP contribution < -0.4 is 9.64 Å². The maximum Gasteiger partial charge on any atom is 0.119 e. The molecule has 55 heavy (non-hydrogen) atoms. The second-order valence-corrected chi connectivity index (χ2v) is 14.7. The normalized spacial score (nSPS) is 12.7. The molecule has 0 unspecified atom stereocenters. The van der Waals surface area contributed by atoms with Gasteiger partial charge in [-0.1, -0.05) is 133 Å². The number of aromatic nitrogens is 1. The average molecular weight is 709 g/mol.